The van der Waals surface area contributed by atoms with Gasteiger partial charge in [-0.1, -0.05) is 48.9 Å². The predicted octanol–water partition coefficient (Wildman–Crippen LogP) is 4.55. The number of nitrogens with zero attached hydrogens (tertiary/aromatic N) is 3. The van der Waals surface area contributed by atoms with Crippen molar-refractivity contribution in [1.29, 1.82) is 5.26 Å². The minimum absolute atomic E-state index is 0.579. The lowest BCUT2D eigenvalue weighted by Crippen LogP contribution is -2.46. The number of hydrogen-bond acceptors (Lipinski definition) is 3. The van der Waals surface area contributed by atoms with Crippen LogP contribution in [0.25, 0.3) is 11.6 Å². The molecule has 1 fully saturated rings. The van der Waals surface area contributed by atoms with Crippen molar-refractivity contribution >= 4 is 28.9 Å². The summed E-state index contributed by atoms with van der Waals surface area (Å²) in [6.45, 7) is 7.68. The normalized spacial score (nSPS) is 15.9. The fraction of sp³-hybridized carbons (Fsp3) is 0.286. The molecular formula is C21H22ClN3. The van der Waals surface area contributed by atoms with Crippen molar-refractivity contribution in [3.05, 3.63) is 64.7 Å². The Bertz CT molecular complexity index is 782. The molecule has 1 aliphatic rings. The van der Waals surface area contributed by atoms with Crippen molar-refractivity contribution in [2.45, 2.75) is 6.92 Å². The van der Waals surface area contributed by atoms with Crippen LogP contribution in [0.15, 0.2) is 48.5 Å². The average molecular weight is 352 g/mol. The molecule has 1 aliphatic heterocycles. The number of hydrogen-bond donors (Lipinski definition) is 0. The van der Waals surface area contributed by atoms with Gasteiger partial charge in [0.25, 0.3) is 0 Å². The largest absolute Gasteiger partial charge is 0.369 e. The molecule has 1 saturated heterocycles. The molecule has 3 nitrogen and oxygen atoms in total. The number of allylic oxidation sites excluding steroid dienone is 1. The van der Waals surface area contributed by atoms with Gasteiger partial charge < -0.3 is 9.80 Å². The van der Waals surface area contributed by atoms with Crippen LogP contribution in [-0.4, -0.2) is 37.6 Å². The Kier molecular flexibility index (Phi) is 5.75. The summed E-state index contributed by atoms with van der Waals surface area (Å²) in [6.07, 6.45) is 1.89. The zero-order valence-corrected chi connectivity index (χ0v) is 15.2. The van der Waals surface area contributed by atoms with Crippen molar-refractivity contribution in [1.82, 2.24) is 4.90 Å². The average Bonchev–Trinajstić information content (AvgIpc) is 2.67. The number of piperazine rings is 1. The highest BCUT2D eigenvalue weighted by Crippen LogP contribution is 2.26. The summed E-state index contributed by atoms with van der Waals surface area (Å²) < 4.78 is 0. The van der Waals surface area contributed by atoms with Crippen molar-refractivity contribution in [3.8, 4) is 6.07 Å². The highest BCUT2D eigenvalue weighted by Gasteiger charge is 2.15. The molecular weight excluding hydrogens is 330 g/mol. The van der Waals surface area contributed by atoms with Crippen LogP contribution < -0.4 is 4.90 Å². The zero-order chi connectivity index (χ0) is 17.6. The van der Waals surface area contributed by atoms with Gasteiger partial charge in [0.1, 0.15) is 0 Å². The van der Waals surface area contributed by atoms with E-state index in [1.54, 1.807) is 6.07 Å². The number of halogens is 1. The van der Waals surface area contributed by atoms with Crippen LogP contribution >= 0.6 is 11.6 Å². The molecule has 2 aromatic rings. The summed E-state index contributed by atoms with van der Waals surface area (Å²) in [4.78, 5) is 4.88. The van der Waals surface area contributed by atoms with E-state index in [9.17, 15) is 5.26 Å². The Morgan fingerprint density at radius 1 is 1.08 bits per heavy atom. The second-order valence-electron chi connectivity index (χ2n) is 6.16. The fourth-order valence-corrected chi connectivity index (χ4v) is 3.36. The van der Waals surface area contributed by atoms with Gasteiger partial charge in [0, 0.05) is 42.5 Å². The lowest BCUT2D eigenvalue weighted by atomic mass is 10.0. The van der Waals surface area contributed by atoms with Crippen molar-refractivity contribution in [3.63, 3.8) is 0 Å². The first-order chi connectivity index (χ1) is 12.2. The summed E-state index contributed by atoms with van der Waals surface area (Å²) in [7, 11) is 0. The summed E-state index contributed by atoms with van der Waals surface area (Å²) in [6, 6.07) is 18.1. The van der Waals surface area contributed by atoms with Gasteiger partial charge in [0.2, 0.25) is 0 Å². The molecule has 2 aromatic carbocycles. The molecule has 128 valence electrons. The molecule has 0 aromatic heterocycles. The molecule has 0 radical (unpaired) electrons. The van der Waals surface area contributed by atoms with Crippen LogP contribution in [-0.2, 0) is 0 Å². The van der Waals surface area contributed by atoms with E-state index in [-0.39, 0.29) is 0 Å². The van der Waals surface area contributed by atoms with E-state index in [4.69, 9.17) is 11.6 Å². The Labute approximate surface area is 154 Å². The Hall–Kier alpha value is -2.28. The van der Waals surface area contributed by atoms with E-state index in [1.165, 1.54) is 5.69 Å². The molecule has 0 bridgehead atoms. The maximum Gasteiger partial charge on any atom is 0.0998 e. The molecule has 0 amide bonds. The fourth-order valence-electron chi connectivity index (χ4n) is 3.12. The Balaban J connectivity index is 1.76. The molecule has 4 heteroatoms. The molecule has 0 unspecified atom stereocenters. The van der Waals surface area contributed by atoms with E-state index < -0.39 is 0 Å². The molecule has 0 aliphatic carbocycles. The first-order valence-corrected chi connectivity index (χ1v) is 9.03. The zero-order valence-electron chi connectivity index (χ0n) is 14.5. The highest BCUT2D eigenvalue weighted by atomic mass is 35.5. The number of benzene rings is 2. The van der Waals surface area contributed by atoms with Crippen molar-refractivity contribution < 1.29 is 0 Å². The molecule has 0 spiro atoms. The lowest BCUT2D eigenvalue weighted by Gasteiger charge is -2.35. The van der Waals surface area contributed by atoms with Gasteiger partial charge in [0.15, 0.2) is 0 Å². The Morgan fingerprint density at radius 2 is 1.76 bits per heavy atom. The second kappa shape index (κ2) is 8.20. The quantitative estimate of drug-likeness (QED) is 0.598. The predicted molar refractivity (Wildman–Crippen MR) is 106 cm³/mol. The van der Waals surface area contributed by atoms with Crippen LogP contribution in [0, 0.1) is 11.3 Å². The SMILES string of the molecule is CCN1CCN(c2ccc(/C=C(\C#N)c3ccccc3Cl)cc2)CC1. The first kappa shape index (κ1) is 17.5. The molecule has 0 saturated carbocycles. The summed E-state index contributed by atoms with van der Waals surface area (Å²) >= 11 is 6.21. The first-order valence-electron chi connectivity index (χ1n) is 8.65. The van der Waals surface area contributed by atoms with Gasteiger partial charge in [-0.2, -0.15) is 5.26 Å². The van der Waals surface area contributed by atoms with Gasteiger partial charge in [-0.05, 0) is 36.4 Å². The third-order valence-electron chi connectivity index (χ3n) is 4.67. The van der Waals surface area contributed by atoms with Crippen molar-refractivity contribution in [2.24, 2.45) is 0 Å². The summed E-state index contributed by atoms with van der Waals surface area (Å²) in [5.41, 5.74) is 3.60. The van der Waals surface area contributed by atoms with E-state index in [0.717, 1.165) is 43.9 Å². The van der Waals surface area contributed by atoms with Gasteiger partial charge in [-0.25, -0.2) is 0 Å². The van der Waals surface area contributed by atoms with Gasteiger partial charge in [-0.15, -0.1) is 0 Å². The Morgan fingerprint density at radius 3 is 2.36 bits per heavy atom. The third kappa shape index (κ3) is 4.22. The van der Waals surface area contributed by atoms with Crippen LogP contribution in [0.4, 0.5) is 5.69 Å². The number of anilines is 1. The van der Waals surface area contributed by atoms with E-state index in [1.807, 2.05) is 24.3 Å². The van der Waals surface area contributed by atoms with Gasteiger partial charge >= 0.3 is 0 Å². The number of rotatable bonds is 4. The summed E-state index contributed by atoms with van der Waals surface area (Å²) in [5.74, 6) is 0. The van der Waals surface area contributed by atoms with Crippen LogP contribution in [0.2, 0.25) is 5.02 Å². The minimum Gasteiger partial charge on any atom is -0.369 e. The second-order valence-corrected chi connectivity index (χ2v) is 6.57. The third-order valence-corrected chi connectivity index (χ3v) is 5.00. The molecule has 3 rings (SSSR count). The van der Waals surface area contributed by atoms with Gasteiger partial charge in [-0.3, -0.25) is 0 Å². The van der Waals surface area contributed by atoms with Crippen molar-refractivity contribution in [2.75, 3.05) is 37.6 Å². The summed E-state index contributed by atoms with van der Waals surface area (Å²) in [5, 5.41) is 10.1. The topological polar surface area (TPSA) is 30.3 Å². The number of nitriles is 1. The molecule has 1 heterocycles. The van der Waals surface area contributed by atoms with E-state index in [2.05, 4.69) is 47.1 Å². The number of likely N-dealkylation sites (N-methyl/N-ethyl adjacent to an activating group) is 1. The molecule has 0 N–H and O–H groups in total. The standard InChI is InChI=1S/C21H22ClN3/c1-2-24-11-13-25(14-12-24)19-9-7-17(8-10-19)15-18(16-23)20-5-3-4-6-21(20)22/h3-10,15H,2,11-14H2,1H3/b18-15+. The van der Waals surface area contributed by atoms with E-state index >= 15 is 0 Å². The van der Waals surface area contributed by atoms with Crippen LogP contribution in [0.3, 0.4) is 0 Å². The highest BCUT2D eigenvalue weighted by molar-refractivity contribution is 6.32. The monoisotopic (exact) mass is 351 g/mol. The smallest absolute Gasteiger partial charge is 0.0998 e. The molecule has 25 heavy (non-hydrogen) atoms. The molecule has 0 atom stereocenters. The maximum atomic E-state index is 9.48. The van der Waals surface area contributed by atoms with E-state index in [0.29, 0.717) is 10.6 Å². The lowest BCUT2D eigenvalue weighted by molar-refractivity contribution is 0.271. The maximum absolute atomic E-state index is 9.48. The van der Waals surface area contributed by atoms with Gasteiger partial charge in [0.05, 0.1) is 11.6 Å². The van der Waals surface area contributed by atoms with Crippen LogP contribution in [0.5, 0.6) is 0 Å². The van der Waals surface area contributed by atoms with Crippen LogP contribution in [0.1, 0.15) is 18.1 Å². The minimum atomic E-state index is 0.579.